The fourth-order valence-corrected chi connectivity index (χ4v) is 4.59. The van der Waals surface area contributed by atoms with Crippen molar-refractivity contribution in [2.45, 2.75) is 44.6 Å². The minimum atomic E-state index is -0.251. The van der Waals surface area contributed by atoms with Gasteiger partial charge in [-0.1, -0.05) is 42.1 Å². The van der Waals surface area contributed by atoms with Gasteiger partial charge < -0.3 is 14.4 Å². The minimum Gasteiger partial charge on any atom is -0.372 e. The molecule has 0 aliphatic carbocycles. The van der Waals surface area contributed by atoms with Crippen LogP contribution in [-0.4, -0.2) is 50.5 Å². The first-order chi connectivity index (χ1) is 15.5. The van der Waals surface area contributed by atoms with E-state index in [0.717, 1.165) is 35.2 Å². The van der Waals surface area contributed by atoms with Crippen LogP contribution in [0.1, 0.15) is 33.3 Å². The number of nitrogens with zero attached hydrogens (tertiary/aromatic N) is 5. The molecule has 1 amide bonds. The summed E-state index contributed by atoms with van der Waals surface area (Å²) in [5, 5.41) is 9.26. The Kier molecular flexibility index (Phi) is 8.33. The summed E-state index contributed by atoms with van der Waals surface area (Å²) < 4.78 is 1.97. The molecule has 2 aromatic carbocycles. The fraction of sp³-hybridized carbons (Fsp3) is 0.400. The summed E-state index contributed by atoms with van der Waals surface area (Å²) in [5.41, 5.74) is 3.35. The Labute approximate surface area is 195 Å². The van der Waals surface area contributed by atoms with Crippen LogP contribution in [0, 0.1) is 0 Å². The van der Waals surface area contributed by atoms with Crippen molar-refractivity contribution in [2.24, 2.45) is 7.05 Å². The van der Waals surface area contributed by atoms with Gasteiger partial charge in [-0.05, 0) is 57.5 Å². The lowest BCUT2D eigenvalue weighted by molar-refractivity contribution is -0.130. The molecule has 1 aromatic heterocycles. The van der Waals surface area contributed by atoms with Gasteiger partial charge in [0.2, 0.25) is 5.91 Å². The molecule has 0 aliphatic rings. The van der Waals surface area contributed by atoms with Gasteiger partial charge in [-0.15, -0.1) is 10.2 Å². The first-order valence-electron chi connectivity index (χ1n) is 11.2. The van der Waals surface area contributed by atoms with E-state index in [1.807, 2.05) is 60.7 Å². The Hall–Kier alpha value is -2.80. The minimum absolute atomic E-state index is 0.106. The van der Waals surface area contributed by atoms with Crippen LogP contribution in [0.2, 0.25) is 0 Å². The highest BCUT2D eigenvalue weighted by Crippen LogP contribution is 2.28. The van der Waals surface area contributed by atoms with E-state index in [1.165, 1.54) is 17.4 Å². The van der Waals surface area contributed by atoms with Crippen molar-refractivity contribution in [1.82, 2.24) is 19.7 Å². The topological polar surface area (TPSA) is 54.3 Å². The smallest absolute Gasteiger partial charge is 0.236 e. The van der Waals surface area contributed by atoms with Gasteiger partial charge in [0.1, 0.15) is 0 Å². The molecule has 0 bridgehead atoms. The number of amides is 1. The summed E-state index contributed by atoms with van der Waals surface area (Å²) in [6.07, 6.45) is 0. The van der Waals surface area contributed by atoms with E-state index in [0.29, 0.717) is 13.1 Å². The third kappa shape index (κ3) is 5.51. The summed E-state index contributed by atoms with van der Waals surface area (Å²) in [4.78, 5) is 17.3. The lowest BCUT2D eigenvalue weighted by Crippen LogP contribution is -2.36. The lowest BCUT2D eigenvalue weighted by Gasteiger charge is -2.24. The second-order valence-corrected chi connectivity index (χ2v) is 8.99. The van der Waals surface area contributed by atoms with Gasteiger partial charge in [-0.25, -0.2) is 0 Å². The Bertz CT molecular complexity index is 999. The van der Waals surface area contributed by atoms with Gasteiger partial charge in [-0.2, -0.15) is 0 Å². The van der Waals surface area contributed by atoms with Crippen molar-refractivity contribution >= 4 is 23.4 Å². The highest BCUT2D eigenvalue weighted by molar-refractivity contribution is 8.00. The molecule has 1 atom stereocenters. The molecule has 1 heterocycles. The van der Waals surface area contributed by atoms with Crippen molar-refractivity contribution in [2.75, 3.05) is 24.5 Å². The third-order valence-corrected chi connectivity index (χ3v) is 6.75. The molecule has 0 spiro atoms. The van der Waals surface area contributed by atoms with Gasteiger partial charge in [0.15, 0.2) is 11.0 Å². The molecule has 32 heavy (non-hydrogen) atoms. The summed E-state index contributed by atoms with van der Waals surface area (Å²) in [6.45, 7) is 11.5. The molecule has 0 N–H and O–H groups in total. The maximum absolute atomic E-state index is 13.1. The van der Waals surface area contributed by atoms with Crippen molar-refractivity contribution in [3.05, 3.63) is 60.2 Å². The summed E-state index contributed by atoms with van der Waals surface area (Å²) in [5.74, 6) is 0.907. The molecule has 0 aliphatic heterocycles. The third-order valence-electron chi connectivity index (χ3n) is 5.63. The van der Waals surface area contributed by atoms with Crippen LogP contribution in [0.15, 0.2) is 59.8 Å². The zero-order chi connectivity index (χ0) is 23.1. The van der Waals surface area contributed by atoms with Gasteiger partial charge in [0.05, 0.1) is 5.25 Å². The van der Waals surface area contributed by atoms with Crippen LogP contribution in [0.4, 0.5) is 5.69 Å². The molecule has 0 saturated heterocycles. The normalized spacial score (nSPS) is 11.9. The maximum atomic E-state index is 13.1. The Morgan fingerprint density at radius 3 is 2.22 bits per heavy atom. The van der Waals surface area contributed by atoms with Crippen LogP contribution < -0.4 is 4.90 Å². The number of carbonyl (C=O) groups excluding carboxylic acids is 1. The molecule has 1 unspecified atom stereocenters. The number of rotatable bonds is 10. The van der Waals surface area contributed by atoms with Gasteiger partial charge in [-0.3, -0.25) is 4.79 Å². The van der Waals surface area contributed by atoms with E-state index in [-0.39, 0.29) is 11.2 Å². The van der Waals surface area contributed by atoms with E-state index < -0.39 is 0 Å². The Balaban J connectivity index is 1.70. The van der Waals surface area contributed by atoms with Gasteiger partial charge in [0, 0.05) is 44.5 Å². The molecule has 3 aromatic rings. The van der Waals surface area contributed by atoms with Crippen LogP contribution >= 0.6 is 11.8 Å². The number of aromatic nitrogens is 3. The molecule has 170 valence electrons. The van der Waals surface area contributed by atoms with Crippen LogP contribution in [0.5, 0.6) is 0 Å². The van der Waals surface area contributed by atoms with Crippen molar-refractivity contribution in [3.8, 4) is 11.4 Å². The van der Waals surface area contributed by atoms with E-state index >= 15 is 0 Å². The molecule has 3 rings (SSSR count). The molecule has 0 saturated carbocycles. The van der Waals surface area contributed by atoms with E-state index in [4.69, 9.17) is 0 Å². The van der Waals surface area contributed by atoms with Crippen LogP contribution in [-0.2, 0) is 18.4 Å². The predicted octanol–water partition coefficient (Wildman–Crippen LogP) is 4.86. The monoisotopic (exact) mass is 451 g/mol. The Morgan fingerprint density at radius 1 is 0.969 bits per heavy atom. The zero-order valence-electron chi connectivity index (χ0n) is 19.7. The number of carbonyl (C=O) groups is 1. The largest absolute Gasteiger partial charge is 0.372 e. The molecular weight excluding hydrogens is 418 g/mol. The van der Waals surface area contributed by atoms with Gasteiger partial charge >= 0.3 is 0 Å². The number of hydrogen-bond acceptors (Lipinski definition) is 5. The van der Waals surface area contributed by atoms with Crippen molar-refractivity contribution in [3.63, 3.8) is 0 Å². The average molecular weight is 452 g/mol. The second kappa shape index (κ2) is 11.2. The number of hydrogen-bond donors (Lipinski definition) is 0. The van der Waals surface area contributed by atoms with E-state index in [1.54, 1.807) is 0 Å². The van der Waals surface area contributed by atoms with Crippen LogP contribution in [0.3, 0.4) is 0 Å². The summed E-state index contributed by atoms with van der Waals surface area (Å²) in [6, 6.07) is 18.5. The number of thioether (sulfide) groups is 1. The lowest BCUT2D eigenvalue weighted by atomic mass is 10.2. The SMILES string of the molecule is CCN(Cc1ccccc1)C(=O)C(C)Sc1nnc(-c2ccc(N(CC)CC)cc2)n1C. The maximum Gasteiger partial charge on any atom is 0.236 e. The van der Waals surface area contributed by atoms with Crippen LogP contribution in [0.25, 0.3) is 11.4 Å². The molecule has 0 fully saturated rings. The quantitative estimate of drug-likeness (QED) is 0.412. The molecule has 6 nitrogen and oxygen atoms in total. The fourth-order valence-electron chi connectivity index (χ4n) is 3.69. The second-order valence-electron chi connectivity index (χ2n) is 7.68. The van der Waals surface area contributed by atoms with Gasteiger partial charge in [0.25, 0.3) is 0 Å². The highest BCUT2D eigenvalue weighted by Gasteiger charge is 2.23. The van der Waals surface area contributed by atoms with E-state index in [9.17, 15) is 4.79 Å². The standard InChI is InChI=1S/C25H33N5OS/c1-6-29(7-2)22-16-14-21(15-17-22)23-26-27-25(28(23)5)32-19(4)24(31)30(8-3)18-20-12-10-9-11-13-20/h9-17,19H,6-8,18H2,1-5H3. The number of anilines is 1. The predicted molar refractivity (Wildman–Crippen MR) is 133 cm³/mol. The highest BCUT2D eigenvalue weighted by atomic mass is 32.2. The zero-order valence-corrected chi connectivity index (χ0v) is 20.5. The Morgan fingerprint density at radius 2 is 1.62 bits per heavy atom. The summed E-state index contributed by atoms with van der Waals surface area (Å²) in [7, 11) is 1.95. The van der Waals surface area contributed by atoms with Crippen molar-refractivity contribution in [1.29, 1.82) is 0 Å². The summed E-state index contributed by atoms with van der Waals surface area (Å²) >= 11 is 1.45. The molecule has 0 radical (unpaired) electrons. The number of benzene rings is 2. The van der Waals surface area contributed by atoms with E-state index in [2.05, 4.69) is 53.2 Å². The first kappa shape index (κ1) is 23.9. The molecular formula is C25H33N5OS. The first-order valence-corrected chi connectivity index (χ1v) is 12.1. The average Bonchev–Trinajstić information content (AvgIpc) is 3.18. The van der Waals surface area contributed by atoms with Crippen molar-refractivity contribution < 1.29 is 4.79 Å². The molecule has 7 heteroatoms.